The van der Waals surface area contributed by atoms with E-state index < -0.39 is 5.92 Å². The molecule has 158 valence electrons. The fraction of sp³-hybridized carbons (Fsp3) is 0.125. The summed E-state index contributed by atoms with van der Waals surface area (Å²) in [6.45, 7) is 0.134. The average molecular weight is 424 g/mol. The lowest BCUT2D eigenvalue weighted by molar-refractivity contribution is -0.122. The molecular formula is C24H20N6O2. The summed E-state index contributed by atoms with van der Waals surface area (Å²) < 4.78 is 7.06. The van der Waals surface area contributed by atoms with Gasteiger partial charge in [0, 0.05) is 12.6 Å². The van der Waals surface area contributed by atoms with Crippen LogP contribution >= 0.6 is 0 Å². The monoisotopic (exact) mass is 424 g/mol. The van der Waals surface area contributed by atoms with Crippen LogP contribution in [0.3, 0.4) is 0 Å². The standard InChI is InChI=1S/C24H20N6O2/c1-30-20-13-12-18(14-19(20)27-29-30)23-26-21(32-28-23)15-25-24(31)22(16-8-4-2-5-9-16)17-10-6-3-7-11-17/h2-14,22H,15H2,1H3,(H,25,31). The van der Waals surface area contributed by atoms with E-state index in [-0.39, 0.29) is 12.5 Å². The SMILES string of the molecule is Cn1nnc2cc(-c3noc(CNC(=O)C(c4ccccc4)c4ccccc4)n3)ccc21. The second-order valence-corrected chi connectivity index (χ2v) is 7.40. The lowest BCUT2D eigenvalue weighted by Crippen LogP contribution is -2.29. The molecule has 0 aliphatic carbocycles. The quantitative estimate of drug-likeness (QED) is 0.448. The maximum Gasteiger partial charge on any atom is 0.246 e. The highest BCUT2D eigenvalue weighted by atomic mass is 16.5. The van der Waals surface area contributed by atoms with Crippen LogP contribution in [0.15, 0.2) is 83.4 Å². The van der Waals surface area contributed by atoms with Crippen molar-refractivity contribution in [2.24, 2.45) is 7.05 Å². The minimum absolute atomic E-state index is 0.134. The number of carbonyl (C=O) groups is 1. The number of amides is 1. The smallest absolute Gasteiger partial charge is 0.246 e. The summed E-state index contributed by atoms with van der Waals surface area (Å²) in [5.41, 5.74) is 4.26. The number of nitrogens with zero attached hydrogens (tertiary/aromatic N) is 5. The minimum Gasteiger partial charge on any atom is -0.346 e. The predicted molar refractivity (Wildman–Crippen MR) is 118 cm³/mol. The van der Waals surface area contributed by atoms with Gasteiger partial charge in [-0.3, -0.25) is 4.79 Å². The zero-order chi connectivity index (χ0) is 21.9. The fourth-order valence-corrected chi connectivity index (χ4v) is 3.67. The molecule has 1 N–H and O–H groups in total. The molecule has 0 saturated heterocycles. The van der Waals surface area contributed by atoms with Gasteiger partial charge in [-0.2, -0.15) is 4.98 Å². The summed E-state index contributed by atoms with van der Waals surface area (Å²) >= 11 is 0. The lowest BCUT2D eigenvalue weighted by Gasteiger charge is -2.17. The summed E-state index contributed by atoms with van der Waals surface area (Å²) in [5, 5.41) is 15.1. The van der Waals surface area contributed by atoms with E-state index in [4.69, 9.17) is 4.52 Å². The van der Waals surface area contributed by atoms with Crippen LogP contribution < -0.4 is 5.32 Å². The van der Waals surface area contributed by atoms with E-state index in [1.54, 1.807) is 4.68 Å². The average Bonchev–Trinajstić information content (AvgIpc) is 3.46. The molecule has 5 rings (SSSR count). The Kier molecular flexibility index (Phi) is 5.17. The first-order valence-electron chi connectivity index (χ1n) is 10.2. The van der Waals surface area contributed by atoms with Crippen LogP contribution in [0, 0.1) is 0 Å². The summed E-state index contributed by atoms with van der Waals surface area (Å²) in [7, 11) is 1.84. The predicted octanol–water partition coefficient (Wildman–Crippen LogP) is 3.47. The topological polar surface area (TPSA) is 98.7 Å². The fourth-order valence-electron chi connectivity index (χ4n) is 3.67. The van der Waals surface area contributed by atoms with Gasteiger partial charge in [-0.25, -0.2) is 4.68 Å². The Morgan fingerprint density at radius 3 is 2.38 bits per heavy atom. The third kappa shape index (κ3) is 3.85. The van der Waals surface area contributed by atoms with E-state index in [0.29, 0.717) is 11.7 Å². The Bertz CT molecular complexity index is 1320. The van der Waals surface area contributed by atoms with Gasteiger partial charge < -0.3 is 9.84 Å². The first kappa shape index (κ1) is 19.6. The first-order chi connectivity index (χ1) is 15.7. The molecule has 0 unspecified atom stereocenters. The van der Waals surface area contributed by atoms with Gasteiger partial charge in [0.2, 0.25) is 17.6 Å². The van der Waals surface area contributed by atoms with Crippen molar-refractivity contribution in [1.29, 1.82) is 0 Å². The van der Waals surface area contributed by atoms with Crippen LogP contribution in [0.5, 0.6) is 0 Å². The summed E-state index contributed by atoms with van der Waals surface area (Å²) in [6, 6.07) is 25.0. The van der Waals surface area contributed by atoms with Gasteiger partial charge in [-0.1, -0.05) is 71.0 Å². The summed E-state index contributed by atoms with van der Waals surface area (Å²) in [5.74, 6) is 0.193. The Labute approximate surface area is 183 Å². The zero-order valence-corrected chi connectivity index (χ0v) is 17.3. The molecular weight excluding hydrogens is 404 g/mol. The van der Waals surface area contributed by atoms with Crippen molar-refractivity contribution in [2.75, 3.05) is 0 Å². The number of rotatable bonds is 6. The van der Waals surface area contributed by atoms with Crippen LogP contribution in [0.4, 0.5) is 0 Å². The van der Waals surface area contributed by atoms with Gasteiger partial charge in [0.1, 0.15) is 5.52 Å². The van der Waals surface area contributed by atoms with Gasteiger partial charge in [-0.15, -0.1) is 5.10 Å². The Hall–Kier alpha value is -4.33. The normalized spacial score (nSPS) is 11.2. The van der Waals surface area contributed by atoms with E-state index in [1.807, 2.05) is 85.9 Å². The molecule has 0 saturated carbocycles. The van der Waals surface area contributed by atoms with E-state index in [0.717, 1.165) is 27.7 Å². The molecule has 3 aromatic carbocycles. The van der Waals surface area contributed by atoms with Gasteiger partial charge >= 0.3 is 0 Å². The number of hydrogen-bond acceptors (Lipinski definition) is 6. The number of carbonyl (C=O) groups excluding carboxylic acids is 1. The highest BCUT2D eigenvalue weighted by Crippen LogP contribution is 2.25. The number of aryl methyl sites for hydroxylation is 1. The molecule has 1 amide bonds. The van der Waals surface area contributed by atoms with Crippen molar-refractivity contribution in [3.8, 4) is 11.4 Å². The van der Waals surface area contributed by atoms with Crippen LogP contribution in [0.2, 0.25) is 0 Å². The highest BCUT2D eigenvalue weighted by Gasteiger charge is 2.23. The molecule has 0 spiro atoms. The first-order valence-corrected chi connectivity index (χ1v) is 10.2. The molecule has 0 bridgehead atoms. The van der Waals surface area contributed by atoms with Gasteiger partial charge in [0.15, 0.2) is 0 Å². The number of aromatic nitrogens is 5. The molecule has 0 fully saturated rings. The van der Waals surface area contributed by atoms with E-state index in [1.165, 1.54) is 0 Å². The Balaban J connectivity index is 1.33. The number of hydrogen-bond donors (Lipinski definition) is 1. The van der Waals surface area contributed by atoms with Crippen LogP contribution in [-0.2, 0) is 18.4 Å². The maximum absolute atomic E-state index is 13.1. The van der Waals surface area contributed by atoms with Crippen molar-refractivity contribution >= 4 is 16.9 Å². The lowest BCUT2D eigenvalue weighted by atomic mass is 9.90. The molecule has 0 aliphatic rings. The largest absolute Gasteiger partial charge is 0.346 e. The Morgan fingerprint density at radius 2 is 1.69 bits per heavy atom. The van der Waals surface area contributed by atoms with Crippen molar-refractivity contribution < 1.29 is 9.32 Å². The molecule has 0 aliphatic heterocycles. The molecule has 8 nitrogen and oxygen atoms in total. The van der Waals surface area contributed by atoms with Gasteiger partial charge in [0.05, 0.1) is 18.0 Å². The zero-order valence-electron chi connectivity index (χ0n) is 17.3. The third-order valence-corrected chi connectivity index (χ3v) is 5.28. The number of fused-ring (bicyclic) bond motifs is 1. The molecule has 8 heteroatoms. The van der Waals surface area contributed by atoms with Crippen molar-refractivity contribution in [3.63, 3.8) is 0 Å². The molecule has 0 radical (unpaired) electrons. The molecule has 2 aromatic heterocycles. The van der Waals surface area contributed by atoms with Crippen molar-refractivity contribution in [2.45, 2.75) is 12.5 Å². The Morgan fingerprint density at radius 1 is 1.00 bits per heavy atom. The van der Waals surface area contributed by atoms with Crippen LogP contribution in [0.1, 0.15) is 22.9 Å². The van der Waals surface area contributed by atoms with Crippen molar-refractivity contribution in [1.82, 2.24) is 30.5 Å². The van der Waals surface area contributed by atoms with Crippen LogP contribution in [-0.4, -0.2) is 31.0 Å². The van der Waals surface area contributed by atoms with E-state index >= 15 is 0 Å². The van der Waals surface area contributed by atoms with E-state index in [2.05, 4.69) is 25.8 Å². The molecule has 0 atom stereocenters. The molecule has 5 aromatic rings. The molecule has 32 heavy (non-hydrogen) atoms. The highest BCUT2D eigenvalue weighted by molar-refractivity contribution is 5.87. The number of benzene rings is 3. The summed E-state index contributed by atoms with van der Waals surface area (Å²) in [6.07, 6.45) is 0. The second-order valence-electron chi connectivity index (χ2n) is 7.40. The van der Waals surface area contributed by atoms with Crippen molar-refractivity contribution in [3.05, 3.63) is 95.9 Å². The molecule has 2 heterocycles. The van der Waals surface area contributed by atoms with Gasteiger partial charge in [0.25, 0.3) is 0 Å². The van der Waals surface area contributed by atoms with Gasteiger partial charge in [-0.05, 0) is 29.3 Å². The third-order valence-electron chi connectivity index (χ3n) is 5.28. The summed E-state index contributed by atoms with van der Waals surface area (Å²) in [4.78, 5) is 17.5. The van der Waals surface area contributed by atoms with E-state index in [9.17, 15) is 4.79 Å². The minimum atomic E-state index is -0.432. The maximum atomic E-state index is 13.1. The number of nitrogens with one attached hydrogen (secondary N) is 1. The second kappa shape index (κ2) is 8.43. The van der Waals surface area contributed by atoms with Crippen LogP contribution in [0.25, 0.3) is 22.4 Å².